The van der Waals surface area contributed by atoms with Crippen LogP contribution in [0.15, 0.2) is 75.6 Å². The number of aromatic nitrogens is 5. The van der Waals surface area contributed by atoms with Gasteiger partial charge in [0.15, 0.2) is 22.5 Å². The van der Waals surface area contributed by atoms with Gasteiger partial charge < -0.3 is 28.8 Å². The molecule has 0 amide bonds. The van der Waals surface area contributed by atoms with Crippen LogP contribution >= 0.6 is 19.6 Å². The van der Waals surface area contributed by atoms with Gasteiger partial charge in [0.1, 0.15) is 18.3 Å². The Bertz CT molecular complexity index is 1830. The maximum atomic E-state index is 13.6. The van der Waals surface area contributed by atoms with E-state index in [2.05, 4.69) is 9.97 Å². The van der Waals surface area contributed by atoms with Crippen molar-refractivity contribution in [3.05, 3.63) is 76.7 Å². The number of H-pyrrole nitrogens is 1. The third-order valence-corrected chi connectivity index (χ3v) is 8.69. The number of imidazole rings is 2. The molecule has 3 unspecified atom stereocenters. The lowest BCUT2D eigenvalue weighted by Gasteiger charge is -2.34. The van der Waals surface area contributed by atoms with Crippen LogP contribution in [0.4, 0.5) is 0 Å². The number of phosphoric ester groups is 1. The predicted octanol–water partition coefficient (Wildman–Crippen LogP) is 2.75. The topological polar surface area (TPSA) is 156 Å². The van der Waals surface area contributed by atoms with Crippen LogP contribution in [0, 0.1) is 6.92 Å². The molecule has 5 atom stereocenters. The Labute approximate surface area is 226 Å². The average Bonchev–Trinajstić information content (AvgIpc) is 3.60. The van der Waals surface area contributed by atoms with Gasteiger partial charge in [-0.1, -0.05) is 59.8 Å². The van der Waals surface area contributed by atoms with E-state index in [4.69, 9.17) is 18.8 Å². The summed E-state index contributed by atoms with van der Waals surface area (Å²) in [5, 5.41) is 11.5. The van der Waals surface area contributed by atoms with E-state index in [-0.39, 0.29) is 25.0 Å². The summed E-state index contributed by atoms with van der Waals surface area (Å²) in [5.41, 5.74) is 2.47. The smallest absolute Gasteiger partial charge is 0.756 e. The van der Waals surface area contributed by atoms with Crippen molar-refractivity contribution < 1.29 is 29.8 Å². The Kier molecular flexibility index (Phi) is 5.79. The lowest BCUT2D eigenvalue weighted by molar-refractivity contribution is -0.245. The number of benzene rings is 2. The summed E-state index contributed by atoms with van der Waals surface area (Å²) in [5.74, 6) is 0.271. The Morgan fingerprint density at radius 1 is 1.18 bits per heavy atom. The second kappa shape index (κ2) is 9.14. The molecule has 0 spiro atoms. The van der Waals surface area contributed by atoms with Crippen molar-refractivity contribution in [2.24, 2.45) is 0 Å². The maximum Gasteiger partial charge on any atom is 1.00 e. The second-order valence-electron chi connectivity index (χ2n) is 9.36. The lowest BCUT2D eigenvalue weighted by atomic mass is 10.1. The van der Waals surface area contributed by atoms with Crippen LogP contribution in [0.1, 0.15) is 13.2 Å². The van der Waals surface area contributed by atoms with E-state index in [9.17, 15) is 19.4 Å². The van der Waals surface area contributed by atoms with Gasteiger partial charge in [-0.3, -0.25) is 13.9 Å². The van der Waals surface area contributed by atoms with Crippen LogP contribution in [0.5, 0.6) is 0 Å². The van der Waals surface area contributed by atoms with Gasteiger partial charge in [-0.25, -0.2) is 9.38 Å². The number of aliphatic hydroxyl groups is 1. The third kappa shape index (κ3) is 4.23. The molecule has 0 radical (unpaired) electrons. The average molecular weight is 568 g/mol. The first-order valence-corrected chi connectivity index (χ1v) is 14.4. The monoisotopic (exact) mass is 567 g/mol. The van der Waals surface area contributed by atoms with E-state index in [1.165, 1.54) is 20.7 Å². The Balaban J connectivity index is 0.00000289. The molecule has 12 nitrogen and oxygen atoms in total. The van der Waals surface area contributed by atoms with E-state index in [1.54, 1.807) is 6.20 Å². The molecule has 2 saturated heterocycles. The van der Waals surface area contributed by atoms with E-state index < -0.39 is 37.9 Å². The highest BCUT2D eigenvalue weighted by Crippen LogP contribution is 2.50. The van der Waals surface area contributed by atoms with Gasteiger partial charge in [-0.15, -0.1) is 0 Å². The SMILES string of the molecule is Cc1ccc(Sc2nc3c(=O)n4cc(-c5ccccc5)[nH]c4nc3n2[C@@H]2OC3COP(=O)([O-])O[C@H]3C2O)cc1.[H+]. The first-order valence-electron chi connectivity index (χ1n) is 12.1. The number of nitrogens with one attached hydrogen (secondary N) is 1. The van der Waals surface area contributed by atoms with E-state index in [1.807, 2.05) is 61.5 Å². The molecule has 0 bridgehead atoms. The zero-order valence-electron chi connectivity index (χ0n) is 21.3. The summed E-state index contributed by atoms with van der Waals surface area (Å²) >= 11 is 1.26. The molecule has 5 heterocycles. The normalized spacial score (nSPS) is 26.8. The summed E-state index contributed by atoms with van der Waals surface area (Å²) in [6.45, 7) is 1.67. The highest BCUT2D eigenvalue weighted by atomic mass is 32.2. The van der Waals surface area contributed by atoms with E-state index in [0.29, 0.717) is 10.9 Å². The van der Waals surface area contributed by atoms with Gasteiger partial charge in [0.2, 0.25) is 5.78 Å². The zero-order chi connectivity index (χ0) is 26.9. The van der Waals surface area contributed by atoms with Crippen LogP contribution in [0.25, 0.3) is 28.2 Å². The highest BCUT2D eigenvalue weighted by Gasteiger charge is 2.51. The van der Waals surface area contributed by atoms with Gasteiger partial charge in [-0.2, -0.15) is 4.98 Å². The van der Waals surface area contributed by atoms with Gasteiger partial charge in [0.25, 0.3) is 13.4 Å². The maximum absolute atomic E-state index is 13.6. The number of aliphatic hydroxyl groups excluding tert-OH is 1. The molecule has 2 fully saturated rings. The standard InChI is InChI=1S/C25H22N5O7PS/c1-13-7-9-15(10-8-13)39-25-27-18-21(30(25)23-19(31)20-17(36-23)12-35-38(33,34)37-20)28-24-26-16(11-29(24)22(18)32)14-5-3-2-4-6-14/h2-11,17,19-20,23,31H,12H2,1H3,(H,26,28)(H,33,34)/t17?,19?,20-,23-/m1/s1. The van der Waals surface area contributed by atoms with Crippen LogP contribution in [-0.4, -0.2) is 53.9 Å². The molecule has 7 rings (SSSR count). The number of fused-ring (bicyclic) bond motifs is 3. The van der Waals surface area contributed by atoms with Crippen molar-refractivity contribution in [2.45, 2.75) is 41.5 Å². The highest BCUT2D eigenvalue weighted by molar-refractivity contribution is 7.99. The van der Waals surface area contributed by atoms with Crippen molar-refractivity contribution >= 4 is 36.5 Å². The van der Waals surface area contributed by atoms with Gasteiger partial charge in [0.05, 0.1) is 12.3 Å². The molecule has 0 saturated carbocycles. The molecule has 2 aliphatic heterocycles. The van der Waals surface area contributed by atoms with Gasteiger partial charge >= 0.3 is 1.43 Å². The number of rotatable bonds is 4. The third-order valence-electron chi connectivity index (χ3n) is 6.75. The summed E-state index contributed by atoms with van der Waals surface area (Å²) in [4.78, 5) is 38.9. The number of hydrogen-bond donors (Lipinski definition) is 2. The Morgan fingerprint density at radius 2 is 1.95 bits per heavy atom. The molecule has 14 heteroatoms. The largest absolute Gasteiger partial charge is 1.00 e. The molecule has 2 aliphatic rings. The molecule has 39 heavy (non-hydrogen) atoms. The summed E-state index contributed by atoms with van der Waals surface area (Å²) in [7, 11) is -4.58. The Morgan fingerprint density at radius 3 is 2.72 bits per heavy atom. The van der Waals surface area contributed by atoms with Crippen LogP contribution in [0.2, 0.25) is 0 Å². The van der Waals surface area contributed by atoms with Crippen molar-refractivity contribution in [3.63, 3.8) is 0 Å². The molecule has 2 aromatic carbocycles. The van der Waals surface area contributed by atoms with E-state index >= 15 is 0 Å². The Hall–Kier alpha value is -3.29. The second-order valence-corrected chi connectivity index (χ2v) is 11.8. The molecule has 3 aromatic heterocycles. The fraction of sp³-hybridized carbons (Fsp3) is 0.240. The fourth-order valence-corrected chi connectivity index (χ4v) is 6.69. The molecular formula is C25H22N5O7PS. The number of hydrogen-bond acceptors (Lipinski definition) is 10. The quantitative estimate of drug-likeness (QED) is 0.310. The molecular weight excluding hydrogens is 545 g/mol. The van der Waals surface area contributed by atoms with Gasteiger partial charge in [0, 0.05) is 11.1 Å². The molecule has 2 N–H and O–H groups in total. The lowest BCUT2D eigenvalue weighted by Crippen LogP contribution is -2.41. The number of phosphoric acid groups is 1. The number of aromatic amines is 1. The first-order chi connectivity index (χ1) is 18.8. The minimum Gasteiger partial charge on any atom is -0.756 e. The summed E-state index contributed by atoms with van der Waals surface area (Å²) < 4.78 is 30.7. The van der Waals surface area contributed by atoms with Crippen LogP contribution in [0.3, 0.4) is 0 Å². The predicted molar refractivity (Wildman–Crippen MR) is 139 cm³/mol. The minimum atomic E-state index is -4.58. The zero-order valence-corrected chi connectivity index (χ0v) is 22.0. The van der Waals surface area contributed by atoms with Crippen molar-refractivity contribution in [1.82, 2.24) is 23.9 Å². The molecule has 200 valence electrons. The summed E-state index contributed by atoms with van der Waals surface area (Å²) in [6.07, 6.45) is -2.91. The summed E-state index contributed by atoms with van der Waals surface area (Å²) in [6, 6.07) is 17.2. The van der Waals surface area contributed by atoms with Crippen LogP contribution in [-0.2, 0) is 18.3 Å². The van der Waals surface area contributed by atoms with Crippen molar-refractivity contribution in [3.8, 4) is 11.3 Å². The first kappa shape index (κ1) is 24.7. The number of nitrogens with zero attached hydrogens (tertiary/aromatic N) is 4. The molecule has 5 aromatic rings. The number of aryl methyl sites for hydroxylation is 1. The van der Waals surface area contributed by atoms with Crippen molar-refractivity contribution in [2.75, 3.05) is 6.61 Å². The fourth-order valence-electron chi connectivity index (χ4n) is 4.83. The van der Waals surface area contributed by atoms with E-state index in [0.717, 1.165) is 16.0 Å². The number of ether oxygens (including phenoxy) is 1. The minimum absolute atomic E-state index is 0. The molecule has 0 aliphatic carbocycles. The van der Waals surface area contributed by atoms with Gasteiger partial charge in [-0.05, 0) is 24.6 Å². The van der Waals surface area contributed by atoms with Crippen molar-refractivity contribution in [1.29, 1.82) is 0 Å². The van der Waals surface area contributed by atoms with Crippen LogP contribution < -0.4 is 10.5 Å².